The Balaban J connectivity index is 2.37. The third-order valence-electron chi connectivity index (χ3n) is 3.16. The molecule has 20 heavy (non-hydrogen) atoms. The molecule has 0 amide bonds. The third kappa shape index (κ3) is 5.56. The van der Waals surface area contributed by atoms with E-state index in [0.717, 1.165) is 43.6 Å². The summed E-state index contributed by atoms with van der Waals surface area (Å²) >= 11 is 3.45. The molecule has 0 N–H and O–H groups in total. The summed E-state index contributed by atoms with van der Waals surface area (Å²) in [6.07, 6.45) is 5.14. The first-order valence-electron chi connectivity index (χ1n) is 7.16. The maximum atomic E-state index is 12.2. The van der Waals surface area contributed by atoms with Crippen LogP contribution in [0.1, 0.15) is 45.4 Å². The summed E-state index contributed by atoms with van der Waals surface area (Å²) in [6, 6.07) is 0. The first kappa shape index (κ1) is 17.7. The fourth-order valence-corrected chi connectivity index (χ4v) is 5.27. The molecule has 0 saturated carbocycles. The molecule has 1 rings (SSSR count). The van der Waals surface area contributed by atoms with E-state index >= 15 is 0 Å². The van der Waals surface area contributed by atoms with Gasteiger partial charge in [-0.1, -0.05) is 12.8 Å². The van der Waals surface area contributed by atoms with E-state index in [1.807, 2.05) is 6.92 Å². The number of esters is 2. The minimum absolute atomic E-state index is 0.0809. The number of hydrogen-bond acceptors (Lipinski definition) is 6. The highest BCUT2D eigenvalue weighted by molar-refractivity contribution is 8.19. The molecular weight excluding hydrogens is 296 g/mol. The number of thioether (sulfide) groups is 2. The predicted molar refractivity (Wildman–Crippen MR) is 84.0 cm³/mol. The van der Waals surface area contributed by atoms with Crippen molar-refractivity contribution in [2.75, 3.05) is 25.2 Å². The van der Waals surface area contributed by atoms with Gasteiger partial charge in [0.25, 0.3) is 0 Å². The summed E-state index contributed by atoms with van der Waals surface area (Å²) in [5.74, 6) is 1.80. The topological polar surface area (TPSA) is 52.6 Å². The standard InChI is InChI=1S/C14H24O4S2/c1-3-18-13(16)14(19-10-7-11-20-14)9-6-4-5-8-12(15)17-2/h3-11H2,1-2H3. The quantitative estimate of drug-likeness (QED) is 0.505. The molecule has 1 aliphatic heterocycles. The van der Waals surface area contributed by atoms with Crippen molar-refractivity contribution in [3.8, 4) is 0 Å². The highest BCUT2D eigenvalue weighted by atomic mass is 32.2. The van der Waals surface area contributed by atoms with Gasteiger partial charge in [0.05, 0.1) is 13.7 Å². The van der Waals surface area contributed by atoms with Crippen LogP contribution in [0.2, 0.25) is 0 Å². The van der Waals surface area contributed by atoms with Crippen LogP contribution >= 0.6 is 23.5 Å². The molecule has 0 spiro atoms. The number of carbonyl (C=O) groups excluding carboxylic acids is 2. The Hall–Kier alpha value is -0.360. The average Bonchev–Trinajstić information content (AvgIpc) is 2.47. The van der Waals surface area contributed by atoms with Gasteiger partial charge < -0.3 is 9.47 Å². The van der Waals surface area contributed by atoms with Gasteiger partial charge in [0.2, 0.25) is 0 Å². The van der Waals surface area contributed by atoms with E-state index in [-0.39, 0.29) is 11.9 Å². The Kier molecular flexibility index (Phi) is 8.45. The zero-order chi connectivity index (χ0) is 14.8. The lowest BCUT2D eigenvalue weighted by Gasteiger charge is -2.33. The van der Waals surface area contributed by atoms with E-state index in [9.17, 15) is 9.59 Å². The highest BCUT2D eigenvalue weighted by Crippen LogP contribution is 2.46. The van der Waals surface area contributed by atoms with Crippen molar-refractivity contribution >= 4 is 35.5 Å². The predicted octanol–water partition coefficient (Wildman–Crippen LogP) is 3.24. The Morgan fingerprint density at radius 3 is 2.45 bits per heavy atom. The smallest absolute Gasteiger partial charge is 0.332 e. The van der Waals surface area contributed by atoms with E-state index in [1.54, 1.807) is 23.5 Å². The summed E-state index contributed by atoms with van der Waals surface area (Å²) in [5.41, 5.74) is 0. The minimum Gasteiger partial charge on any atom is -0.469 e. The van der Waals surface area contributed by atoms with E-state index in [4.69, 9.17) is 4.74 Å². The second kappa shape index (κ2) is 9.55. The summed E-state index contributed by atoms with van der Waals surface area (Å²) in [7, 11) is 1.41. The molecule has 0 aromatic heterocycles. The number of carbonyl (C=O) groups is 2. The monoisotopic (exact) mass is 320 g/mol. The van der Waals surface area contributed by atoms with Crippen LogP contribution in [0.15, 0.2) is 0 Å². The van der Waals surface area contributed by atoms with Crippen molar-refractivity contribution < 1.29 is 19.1 Å². The lowest BCUT2D eigenvalue weighted by molar-refractivity contribution is -0.144. The molecule has 1 heterocycles. The molecule has 0 aromatic rings. The zero-order valence-corrected chi connectivity index (χ0v) is 13.9. The fraction of sp³-hybridized carbons (Fsp3) is 0.857. The van der Waals surface area contributed by atoms with E-state index < -0.39 is 4.08 Å². The normalized spacial score (nSPS) is 17.5. The first-order valence-corrected chi connectivity index (χ1v) is 9.13. The number of rotatable bonds is 8. The van der Waals surface area contributed by atoms with Gasteiger partial charge in [-0.25, -0.2) is 4.79 Å². The molecule has 0 aliphatic carbocycles. The molecule has 116 valence electrons. The molecule has 6 heteroatoms. The van der Waals surface area contributed by atoms with Crippen molar-refractivity contribution in [1.29, 1.82) is 0 Å². The van der Waals surface area contributed by atoms with Gasteiger partial charge in [-0.3, -0.25) is 4.79 Å². The van der Waals surface area contributed by atoms with Crippen molar-refractivity contribution in [1.82, 2.24) is 0 Å². The van der Waals surface area contributed by atoms with Gasteiger partial charge in [0.1, 0.15) is 0 Å². The van der Waals surface area contributed by atoms with Gasteiger partial charge >= 0.3 is 11.9 Å². The maximum Gasteiger partial charge on any atom is 0.332 e. The SMILES string of the molecule is CCOC(=O)C1(CCCCCC(=O)OC)SCCCS1. The second-order valence-electron chi connectivity index (χ2n) is 4.66. The molecule has 4 nitrogen and oxygen atoms in total. The van der Waals surface area contributed by atoms with E-state index in [2.05, 4.69) is 4.74 Å². The van der Waals surface area contributed by atoms with Crippen LogP contribution in [-0.2, 0) is 19.1 Å². The Bertz CT molecular complexity index is 314. The molecule has 0 atom stereocenters. The maximum absolute atomic E-state index is 12.2. The highest BCUT2D eigenvalue weighted by Gasteiger charge is 2.42. The lowest BCUT2D eigenvalue weighted by Crippen LogP contribution is -2.36. The molecule has 1 fully saturated rings. The Morgan fingerprint density at radius 1 is 1.15 bits per heavy atom. The number of hydrogen-bond donors (Lipinski definition) is 0. The van der Waals surface area contributed by atoms with Crippen molar-refractivity contribution in [2.45, 2.75) is 49.5 Å². The summed E-state index contributed by atoms with van der Waals surface area (Å²) in [6.45, 7) is 2.28. The molecule has 0 bridgehead atoms. The van der Waals surface area contributed by atoms with Crippen LogP contribution in [0.3, 0.4) is 0 Å². The van der Waals surface area contributed by atoms with Gasteiger partial charge in [-0.2, -0.15) is 0 Å². The fourth-order valence-electron chi connectivity index (χ4n) is 2.09. The van der Waals surface area contributed by atoms with Gasteiger partial charge in [0.15, 0.2) is 4.08 Å². The van der Waals surface area contributed by atoms with Crippen molar-refractivity contribution in [3.63, 3.8) is 0 Å². The average molecular weight is 320 g/mol. The summed E-state index contributed by atoms with van der Waals surface area (Å²) < 4.78 is 9.44. The van der Waals surface area contributed by atoms with Gasteiger partial charge in [-0.05, 0) is 37.7 Å². The molecule has 1 aliphatic rings. The Morgan fingerprint density at radius 2 is 1.85 bits per heavy atom. The van der Waals surface area contributed by atoms with Crippen molar-refractivity contribution in [3.05, 3.63) is 0 Å². The van der Waals surface area contributed by atoms with Crippen LogP contribution in [0.5, 0.6) is 0 Å². The van der Waals surface area contributed by atoms with Crippen molar-refractivity contribution in [2.24, 2.45) is 0 Å². The van der Waals surface area contributed by atoms with E-state index in [0.29, 0.717) is 13.0 Å². The minimum atomic E-state index is -0.417. The van der Waals surface area contributed by atoms with Crippen LogP contribution < -0.4 is 0 Å². The zero-order valence-electron chi connectivity index (χ0n) is 12.3. The molecule has 1 saturated heterocycles. The lowest BCUT2D eigenvalue weighted by atomic mass is 10.1. The number of ether oxygens (including phenoxy) is 2. The summed E-state index contributed by atoms with van der Waals surface area (Å²) in [5, 5.41) is 0. The molecule has 0 radical (unpaired) electrons. The Labute approximate surface area is 129 Å². The molecular formula is C14H24O4S2. The number of unbranched alkanes of at least 4 members (excludes halogenated alkanes) is 2. The van der Waals surface area contributed by atoms with Crippen LogP contribution in [0, 0.1) is 0 Å². The van der Waals surface area contributed by atoms with Crippen LogP contribution in [0.4, 0.5) is 0 Å². The molecule has 0 aromatic carbocycles. The summed E-state index contributed by atoms with van der Waals surface area (Å²) in [4.78, 5) is 23.2. The van der Waals surface area contributed by atoms with E-state index in [1.165, 1.54) is 7.11 Å². The largest absolute Gasteiger partial charge is 0.469 e. The second-order valence-corrected chi connectivity index (χ2v) is 7.71. The van der Waals surface area contributed by atoms with Crippen LogP contribution in [0.25, 0.3) is 0 Å². The third-order valence-corrected chi connectivity index (χ3v) is 6.53. The molecule has 0 unspecified atom stereocenters. The first-order chi connectivity index (χ1) is 9.64. The van der Waals surface area contributed by atoms with Crippen LogP contribution in [-0.4, -0.2) is 41.2 Å². The van der Waals surface area contributed by atoms with Gasteiger partial charge in [-0.15, -0.1) is 23.5 Å². The number of methoxy groups -OCH3 is 1. The van der Waals surface area contributed by atoms with Gasteiger partial charge in [0, 0.05) is 6.42 Å².